The maximum Gasteiger partial charge on any atom is 0.314 e. The molecule has 0 aliphatic heterocycles. The molecule has 0 radical (unpaired) electrons. The second-order valence-corrected chi connectivity index (χ2v) is 8.88. The molecule has 0 aromatic rings. The lowest BCUT2D eigenvalue weighted by molar-refractivity contribution is -0.153. The Balaban J connectivity index is 4.26. The highest BCUT2D eigenvalue weighted by Crippen LogP contribution is 2.36. The lowest BCUT2D eigenvalue weighted by Gasteiger charge is -2.33. The Kier molecular flexibility index (Phi) is 8.64. The number of urea groups is 1. The van der Waals surface area contributed by atoms with Gasteiger partial charge in [0.1, 0.15) is 6.61 Å². The molecule has 0 heterocycles. The second-order valence-electron chi connectivity index (χ2n) is 8.88. The minimum atomic E-state index is -0.225. The van der Waals surface area contributed by atoms with Crippen molar-refractivity contribution in [3.05, 3.63) is 0 Å². The van der Waals surface area contributed by atoms with Crippen LogP contribution in [0.5, 0.6) is 0 Å². The molecule has 5 heteroatoms. The van der Waals surface area contributed by atoms with Crippen LogP contribution < -0.4 is 10.6 Å². The van der Waals surface area contributed by atoms with Crippen molar-refractivity contribution < 1.29 is 14.3 Å². The van der Waals surface area contributed by atoms with Crippen molar-refractivity contribution in [1.29, 1.82) is 0 Å². The van der Waals surface area contributed by atoms with E-state index in [2.05, 4.69) is 52.2 Å². The standard InChI is InChI=1S/C18H36N2O3/c1-13(2)12-20-16(22)19-9-10-23-15(21)14(18(6,7)8)11-17(3,4)5/h13-14H,9-12H2,1-8H3,(H2,19,20,22). The van der Waals surface area contributed by atoms with Crippen molar-refractivity contribution in [3.8, 4) is 0 Å². The number of carbonyl (C=O) groups is 2. The molecule has 5 nitrogen and oxygen atoms in total. The Morgan fingerprint density at radius 2 is 1.57 bits per heavy atom. The largest absolute Gasteiger partial charge is 0.464 e. The Bertz CT molecular complexity index is 379. The van der Waals surface area contributed by atoms with Crippen LogP contribution in [0.4, 0.5) is 4.79 Å². The lowest BCUT2D eigenvalue weighted by Crippen LogP contribution is -2.40. The fourth-order valence-corrected chi connectivity index (χ4v) is 2.13. The number of hydrogen-bond donors (Lipinski definition) is 2. The van der Waals surface area contributed by atoms with Crippen LogP contribution in [-0.4, -0.2) is 31.7 Å². The van der Waals surface area contributed by atoms with E-state index in [9.17, 15) is 9.59 Å². The van der Waals surface area contributed by atoms with E-state index in [0.717, 1.165) is 6.42 Å². The normalized spacial score (nSPS) is 13.6. The van der Waals surface area contributed by atoms with Gasteiger partial charge in [0.05, 0.1) is 12.5 Å². The third kappa shape index (κ3) is 11.0. The summed E-state index contributed by atoms with van der Waals surface area (Å²) >= 11 is 0. The summed E-state index contributed by atoms with van der Waals surface area (Å²) in [5.41, 5.74) is -0.0849. The van der Waals surface area contributed by atoms with E-state index in [1.165, 1.54) is 0 Å². The van der Waals surface area contributed by atoms with Gasteiger partial charge in [0, 0.05) is 6.54 Å². The quantitative estimate of drug-likeness (QED) is 0.554. The minimum Gasteiger partial charge on any atom is -0.464 e. The fraction of sp³-hybridized carbons (Fsp3) is 0.889. The smallest absolute Gasteiger partial charge is 0.314 e. The lowest BCUT2D eigenvalue weighted by atomic mass is 9.72. The number of rotatable bonds is 7. The number of amides is 2. The van der Waals surface area contributed by atoms with Crippen molar-refractivity contribution in [3.63, 3.8) is 0 Å². The maximum atomic E-state index is 12.4. The monoisotopic (exact) mass is 328 g/mol. The molecule has 23 heavy (non-hydrogen) atoms. The Labute approximate surface area is 141 Å². The zero-order valence-corrected chi connectivity index (χ0v) is 16.2. The molecule has 1 atom stereocenters. The van der Waals surface area contributed by atoms with Crippen LogP contribution in [-0.2, 0) is 9.53 Å². The number of ether oxygens (including phenoxy) is 1. The summed E-state index contributed by atoms with van der Waals surface area (Å²) in [7, 11) is 0. The maximum absolute atomic E-state index is 12.4. The second kappa shape index (κ2) is 9.14. The average molecular weight is 328 g/mol. The predicted octanol–water partition coefficient (Wildman–Crippen LogP) is 3.58. The van der Waals surface area contributed by atoms with Crippen molar-refractivity contribution in [2.75, 3.05) is 19.7 Å². The van der Waals surface area contributed by atoms with Crippen molar-refractivity contribution in [2.24, 2.45) is 22.7 Å². The minimum absolute atomic E-state index is 0.0615. The molecule has 0 saturated heterocycles. The van der Waals surface area contributed by atoms with Gasteiger partial charge in [-0.1, -0.05) is 55.4 Å². The van der Waals surface area contributed by atoms with E-state index >= 15 is 0 Å². The van der Waals surface area contributed by atoms with E-state index in [4.69, 9.17) is 4.74 Å². The summed E-state index contributed by atoms with van der Waals surface area (Å²) in [6.45, 7) is 17.8. The number of hydrogen-bond acceptors (Lipinski definition) is 3. The van der Waals surface area contributed by atoms with Crippen molar-refractivity contribution in [2.45, 2.75) is 61.8 Å². The first kappa shape index (κ1) is 21.7. The van der Waals surface area contributed by atoms with Gasteiger partial charge in [-0.15, -0.1) is 0 Å². The summed E-state index contributed by atoms with van der Waals surface area (Å²) in [5, 5.41) is 5.45. The molecular weight excluding hydrogens is 292 g/mol. The fourth-order valence-electron chi connectivity index (χ4n) is 2.13. The summed E-state index contributed by atoms with van der Waals surface area (Å²) in [6, 6.07) is -0.225. The van der Waals surface area contributed by atoms with Crippen LogP contribution in [0.3, 0.4) is 0 Å². The van der Waals surface area contributed by atoms with E-state index in [0.29, 0.717) is 19.0 Å². The van der Waals surface area contributed by atoms with Crippen LogP contribution in [0.2, 0.25) is 0 Å². The average Bonchev–Trinajstić information content (AvgIpc) is 2.36. The Morgan fingerprint density at radius 1 is 1.00 bits per heavy atom. The zero-order chi connectivity index (χ0) is 18.3. The Morgan fingerprint density at radius 3 is 2.00 bits per heavy atom. The molecule has 0 bridgehead atoms. The van der Waals surface area contributed by atoms with Gasteiger partial charge in [-0.25, -0.2) is 4.79 Å². The van der Waals surface area contributed by atoms with E-state index in [1.54, 1.807) is 0 Å². The first-order chi connectivity index (χ1) is 10.3. The summed E-state index contributed by atoms with van der Waals surface area (Å²) in [4.78, 5) is 23.9. The van der Waals surface area contributed by atoms with Gasteiger partial charge in [0.2, 0.25) is 0 Å². The topological polar surface area (TPSA) is 67.4 Å². The predicted molar refractivity (Wildman–Crippen MR) is 94.2 cm³/mol. The molecule has 0 fully saturated rings. The highest BCUT2D eigenvalue weighted by Gasteiger charge is 2.35. The number of carbonyl (C=O) groups excluding carboxylic acids is 2. The van der Waals surface area contributed by atoms with Crippen molar-refractivity contribution in [1.82, 2.24) is 10.6 Å². The van der Waals surface area contributed by atoms with E-state index in [1.807, 2.05) is 13.8 Å². The molecule has 0 aromatic heterocycles. The summed E-state index contributed by atoms with van der Waals surface area (Å²) < 4.78 is 5.37. The molecule has 0 aliphatic carbocycles. The zero-order valence-electron chi connectivity index (χ0n) is 16.2. The third-order valence-corrected chi connectivity index (χ3v) is 3.45. The molecule has 0 aromatic carbocycles. The molecule has 2 N–H and O–H groups in total. The first-order valence-electron chi connectivity index (χ1n) is 8.51. The van der Waals surface area contributed by atoms with Gasteiger partial charge in [0.15, 0.2) is 0 Å². The Hall–Kier alpha value is -1.26. The van der Waals surface area contributed by atoms with Crippen LogP contribution >= 0.6 is 0 Å². The van der Waals surface area contributed by atoms with Gasteiger partial charge in [-0.2, -0.15) is 0 Å². The van der Waals surface area contributed by atoms with Gasteiger partial charge < -0.3 is 15.4 Å². The molecule has 2 amide bonds. The van der Waals surface area contributed by atoms with Gasteiger partial charge >= 0.3 is 12.0 Å². The van der Waals surface area contributed by atoms with Gasteiger partial charge in [-0.3, -0.25) is 4.79 Å². The van der Waals surface area contributed by atoms with Gasteiger partial charge in [0.25, 0.3) is 0 Å². The third-order valence-electron chi connectivity index (χ3n) is 3.45. The summed E-state index contributed by atoms with van der Waals surface area (Å²) in [5.74, 6) is 0.0672. The van der Waals surface area contributed by atoms with Crippen LogP contribution in [0, 0.1) is 22.7 Å². The molecule has 0 spiro atoms. The van der Waals surface area contributed by atoms with Crippen LogP contribution in [0.25, 0.3) is 0 Å². The van der Waals surface area contributed by atoms with Gasteiger partial charge in [-0.05, 0) is 23.2 Å². The molecule has 1 unspecified atom stereocenters. The van der Waals surface area contributed by atoms with Crippen LogP contribution in [0.1, 0.15) is 61.8 Å². The van der Waals surface area contributed by atoms with Crippen molar-refractivity contribution >= 4 is 12.0 Å². The van der Waals surface area contributed by atoms with E-state index in [-0.39, 0.29) is 35.4 Å². The van der Waals surface area contributed by atoms with Crippen LogP contribution in [0.15, 0.2) is 0 Å². The first-order valence-corrected chi connectivity index (χ1v) is 8.51. The summed E-state index contributed by atoms with van der Waals surface area (Å²) in [6.07, 6.45) is 0.775. The van der Waals surface area contributed by atoms with E-state index < -0.39 is 0 Å². The highest BCUT2D eigenvalue weighted by molar-refractivity contribution is 5.74. The SMILES string of the molecule is CC(C)CNC(=O)NCCOC(=O)C(CC(C)(C)C)C(C)(C)C. The molecule has 0 saturated carbocycles. The molecular formula is C18H36N2O3. The number of esters is 1. The molecule has 0 rings (SSSR count). The molecule has 136 valence electrons. The highest BCUT2D eigenvalue weighted by atomic mass is 16.5. The molecule has 0 aliphatic rings. The number of nitrogens with one attached hydrogen (secondary N) is 2.